The quantitative estimate of drug-likeness (QED) is 0.303. The Hall–Kier alpha value is -2.90. The lowest BCUT2D eigenvalue weighted by atomic mass is 10.1. The first kappa shape index (κ1) is 21.9. The van der Waals surface area contributed by atoms with Crippen LogP contribution in [0.5, 0.6) is 0 Å². The van der Waals surface area contributed by atoms with Gasteiger partial charge in [0.05, 0.1) is 8.89 Å². The van der Waals surface area contributed by atoms with Crippen LogP contribution in [-0.2, 0) is 21.6 Å². The zero-order valence-electron chi connectivity index (χ0n) is 16.9. The molecule has 1 fully saturated rings. The monoisotopic (exact) mass is 514 g/mol. The van der Waals surface area contributed by atoms with Crippen molar-refractivity contribution < 1.29 is 19.4 Å². The van der Waals surface area contributed by atoms with Crippen LogP contribution in [0.4, 0.5) is 10.5 Å². The topological polar surface area (TPSA) is 88.5 Å². The molecule has 6 nitrogen and oxygen atoms in total. The molecule has 0 atom stereocenters. The summed E-state index contributed by atoms with van der Waals surface area (Å²) >= 11 is 10.3. The highest BCUT2D eigenvalue weighted by Crippen LogP contribution is 2.52. The highest BCUT2D eigenvalue weighted by atomic mass is 35.5. The van der Waals surface area contributed by atoms with E-state index in [1.807, 2.05) is 42.5 Å². The number of benzene rings is 1. The van der Waals surface area contributed by atoms with Crippen molar-refractivity contribution in [2.45, 2.75) is 24.9 Å². The van der Waals surface area contributed by atoms with Gasteiger partial charge in [-0.25, -0.2) is 4.79 Å². The number of hydrogen-bond donors (Lipinski definition) is 2. The van der Waals surface area contributed by atoms with E-state index in [-0.39, 0.29) is 6.61 Å². The van der Waals surface area contributed by atoms with Crippen molar-refractivity contribution in [3.63, 3.8) is 0 Å². The first-order valence-corrected chi connectivity index (χ1v) is 12.7. The summed E-state index contributed by atoms with van der Waals surface area (Å²) in [6.07, 6.45) is 0.744. The molecule has 0 aliphatic heterocycles. The van der Waals surface area contributed by atoms with Crippen molar-refractivity contribution >= 4 is 73.0 Å². The number of nitrogens with one attached hydrogen (secondary N) is 1. The third kappa shape index (κ3) is 4.48. The lowest BCUT2D eigenvalue weighted by Crippen LogP contribution is -2.17. The van der Waals surface area contributed by atoms with Crippen LogP contribution in [0.15, 0.2) is 42.5 Å². The number of carbonyl (C=O) groups is 2. The van der Waals surface area contributed by atoms with Crippen molar-refractivity contribution in [3.8, 4) is 11.8 Å². The molecule has 0 spiro atoms. The first-order chi connectivity index (χ1) is 15.9. The molecule has 1 aliphatic carbocycles. The Balaban J connectivity index is 1.29. The molecule has 1 saturated carbocycles. The number of thiophene rings is 2. The van der Waals surface area contributed by atoms with Crippen molar-refractivity contribution in [2.24, 2.45) is 0 Å². The molecule has 2 N–H and O–H groups in total. The molecular formula is C23H15ClN2O4S3. The van der Waals surface area contributed by atoms with Crippen LogP contribution in [0.25, 0.3) is 9.40 Å². The number of hydrogen-bond acceptors (Lipinski definition) is 7. The van der Waals surface area contributed by atoms with Gasteiger partial charge in [0.25, 0.3) is 0 Å². The van der Waals surface area contributed by atoms with Crippen LogP contribution < -0.4 is 5.32 Å². The van der Waals surface area contributed by atoms with E-state index in [0.29, 0.717) is 28.6 Å². The van der Waals surface area contributed by atoms with Gasteiger partial charge in [0.15, 0.2) is 5.69 Å². The van der Waals surface area contributed by atoms with Crippen LogP contribution in [0, 0.1) is 11.8 Å². The molecule has 10 heteroatoms. The molecule has 166 valence electrons. The average Bonchev–Trinajstić information content (AvgIpc) is 3.24. The van der Waals surface area contributed by atoms with Crippen LogP contribution in [-0.4, -0.2) is 21.5 Å². The highest BCUT2D eigenvalue weighted by molar-refractivity contribution is 7.38. The van der Waals surface area contributed by atoms with E-state index in [0.717, 1.165) is 36.3 Å². The zero-order valence-corrected chi connectivity index (χ0v) is 20.1. The third-order valence-electron chi connectivity index (χ3n) is 5.24. The lowest BCUT2D eigenvalue weighted by molar-refractivity contribution is -0.139. The predicted molar refractivity (Wildman–Crippen MR) is 132 cm³/mol. The average molecular weight is 515 g/mol. The van der Waals surface area contributed by atoms with Gasteiger partial charge in [-0.1, -0.05) is 41.9 Å². The molecule has 3 aromatic heterocycles. The van der Waals surface area contributed by atoms with Gasteiger partial charge in [0.2, 0.25) is 0 Å². The number of aromatic nitrogens is 1. The highest BCUT2D eigenvalue weighted by Gasteiger charge is 2.53. The molecule has 1 aromatic carbocycles. The second-order valence-corrected chi connectivity index (χ2v) is 11.2. The summed E-state index contributed by atoms with van der Waals surface area (Å²) in [5.41, 5.74) is 0.869. The van der Waals surface area contributed by atoms with Gasteiger partial charge in [-0.15, -0.1) is 22.7 Å². The number of carbonyl (C=O) groups excluding carboxylic acids is 1. The largest absolute Gasteiger partial charge is 0.481 e. The van der Waals surface area contributed by atoms with Gasteiger partial charge in [-0.05, 0) is 53.9 Å². The molecule has 33 heavy (non-hydrogen) atoms. The number of rotatable bonds is 5. The van der Waals surface area contributed by atoms with Crippen LogP contribution in [0.3, 0.4) is 0 Å². The van der Waals surface area contributed by atoms with Gasteiger partial charge < -0.3 is 9.84 Å². The molecule has 1 aliphatic rings. The molecule has 0 saturated heterocycles. The summed E-state index contributed by atoms with van der Waals surface area (Å²) in [5, 5.41) is 13.1. The maximum absolute atomic E-state index is 12.2. The Morgan fingerprint density at radius 1 is 1.18 bits per heavy atom. The number of fused-ring (bicyclic) bond motifs is 1. The Morgan fingerprint density at radius 3 is 2.67 bits per heavy atom. The third-order valence-corrected chi connectivity index (χ3v) is 8.78. The Morgan fingerprint density at radius 2 is 1.97 bits per heavy atom. The first-order valence-electron chi connectivity index (χ1n) is 9.87. The number of nitrogens with zero attached hydrogens (tertiary/aromatic N) is 1. The Labute approximate surface area is 206 Å². The fraction of sp³-hybridized carbons (Fsp3) is 0.174. The van der Waals surface area contributed by atoms with Gasteiger partial charge in [0.1, 0.15) is 22.0 Å². The fourth-order valence-electron chi connectivity index (χ4n) is 3.27. The minimum atomic E-state index is -0.751. The van der Waals surface area contributed by atoms with E-state index in [1.54, 1.807) is 0 Å². The van der Waals surface area contributed by atoms with E-state index < -0.39 is 17.5 Å². The molecular weight excluding hydrogens is 500 g/mol. The summed E-state index contributed by atoms with van der Waals surface area (Å²) in [4.78, 5) is 25.5. The van der Waals surface area contributed by atoms with E-state index in [9.17, 15) is 14.7 Å². The van der Waals surface area contributed by atoms with E-state index in [4.69, 9.17) is 16.3 Å². The van der Waals surface area contributed by atoms with E-state index >= 15 is 0 Å². The molecule has 1 amide bonds. The molecule has 3 heterocycles. The molecule has 0 bridgehead atoms. The minimum Gasteiger partial charge on any atom is -0.481 e. The van der Waals surface area contributed by atoms with Gasteiger partial charge in [-0.2, -0.15) is 4.37 Å². The van der Waals surface area contributed by atoms with Crippen LogP contribution in [0.2, 0.25) is 4.34 Å². The summed E-state index contributed by atoms with van der Waals surface area (Å²) < 4.78 is 10.8. The second kappa shape index (κ2) is 8.80. The predicted octanol–water partition coefficient (Wildman–Crippen LogP) is 6.34. The second-order valence-electron chi connectivity index (χ2n) is 7.47. The van der Waals surface area contributed by atoms with Crippen molar-refractivity contribution in [1.29, 1.82) is 0 Å². The number of anilines is 1. The summed E-state index contributed by atoms with van der Waals surface area (Å²) in [7, 11) is 0. The summed E-state index contributed by atoms with van der Waals surface area (Å²) in [6.45, 7) is 0.139. The van der Waals surface area contributed by atoms with Crippen molar-refractivity contribution in [1.82, 2.24) is 4.37 Å². The van der Waals surface area contributed by atoms with Crippen molar-refractivity contribution in [3.05, 3.63) is 67.8 Å². The normalized spacial score (nSPS) is 13.8. The van der Waals surface area contributed by atoms with Gasteiger partial charge in [-0.3, -0.25) is 10.1 Å². The van der Waals surface area contributed by atoms with E-state index in [1.165, 1.54) is 22.7 Å². The number of carboxylic acid groups (broad SMARTS) is 1. The Bertz CT molecular complexity index is 1390. The number of halogens is 1. The number of amides is 1. The fourth-order valence-corrected chi connectivity index (χ4v) is 6.60. The standard InChI is InChI=1S/C23H15ClN2O4S3/c24-19-18(25-22(29)30-12-13-4-2-1-3-5-13)16(26-33-19)7-6-15-10-14-11-17(32-20(14)31-15)23(8-9-23)21(27)28/h1-5,10-11H,8-9,12H2,(H,25,29)(H,27,28). The van der Waals surface area contributed by atoms with E-state index in [2.05, 4.69) is 21.5 Å². The summed E-state index contributed by atoms with van der Waals surface area (Å²) in [6, 6.07) is 13.3. The van der Waals surface area contributed by atoms with Crippen LogP contribution in [0.1, 0.15) is 33.9 Å². The number of carboxylic acids is 1. The summed E-state index contributed by atoms with van der Waals surface area (Å²) in [5.74, 6) is 5.29. The molecule has 4 aromatic rings. The lowest BCUT2D eigenvalue weighted by Gasteiger charge is -2.06. The van der Waals surface area contributed by atoms with Gasteiger partial charge in [0, 0.05) is 10.3 Å². The number of ether oxygens (including phenoxy) is 1. The minimum absolute atomic E-state index is 0.139. The number of aliphatic carboxylic acids is 1. The molecule has 0 radical (unpaired) electrons. The maximum Gasteiger partial charge on any atom is 0.412 e. The maximum atomic E-state index is 12.2. The molecule has 5 rings (SSSR count). The smallest absolute Gasteiger partial charge is 0.412 e. The van der Waals surface area contributed by atoms with Crippen LogP contribution >= 0.6 is 45.8 Å². The molecule has 0 unspecified atom stereocenters. The SMILES string of the molecule is O=C(Nc1c(C#Cc2cc3cc(C4(C(=O)O)CC4)sc3s2)nsc1Cl)OCc1ccccc1. The zero-order chi connectivity index (χ0) is 23.0. The van der Waals surface area contributed by atoms with Gasteiger partial charge >= 0.3 is 12.1 Å². The van der Waals surface area contributed by atoms with Crippen molar-refractivity contribution in [2.75, 3.05) is 5.32 Å². The Kier molecular flexibility index (Phi) is 5.85.